The number of thioether (sulfide) groups is 1. The van der Waals surface area contributed by atoms with Gasteiger partial charge >= 0.3 is 0 Å². The predicted molar refractivity (Wildman–Crippen MR) is 99.9 cm³/mol. The summed E-state index contributed by atoms with van der Waals surface area (Å²) in [5.41, 5.74) is 1.27. The summed E-state index contributed by atoms with van der Waals surface area (Å²) in [5, 5.41) is 4.56. The first-order chi connectivity index (χ1) is 12.5. The lowest BCUT2D eigenvalue weighted by Gasteiger charge is -2.23. The van der Waals surface area contributed by atoms with Crippen LogP contribution >= 0.6 is 11.8 Å². The summed E-state index contributed by atoms with van der Waals surface area (Å²) in [5.74, 6) is 1.00. The molecular weight excluding hydrogens is 352 g/mol. The Morgan fingerprint density at radius 3 is 2.62 bits per heavy atom. The van der Waals surface area contributed by atoms with E-state index in [1.165, 1.54) is 16.7 Å². The molecule has 0 aliphatic rings. The number of hydrogen-bond acceptors (Lipinski definition) is 6. The fourth-order valence-corrected chi connectivity index (χ4v) is 3.32. The van der Waals surface area contributed by atoms with Gasteiger partial charge < -0.3 is 14.3 Å². The molecule has 0 aliphatic carbocycles. The molecule has 0 bridgehead atoms. The van der Waals surface area contributed by atoms with Crippen LogP contribution in [0.15, 0.2) is 33.9 Å². The molecule has 26 heavy (non-hydrogen) atoms. The van der Waals surface area contributed by atoms with Crippen molar-refractivity contribution in [1.82, 2.24) is 19.9 Å². The molecular formula is C18H24N4O3S. The van der Waals surface area contributed by atoms with Crippen LogP contribution in [-0.4, -0.2) is 58.4 Å². The summed E-state index contributed by atoms with van der Waals surface area (Å²) in [6.45, 7) is 6.97. The smallest absolute Gasteiger partial charge is 0.256 e. The van der Waals surface area contributed by atoms with Crippen molar-refractivity contribution in [3.63, 3.8) is 0 Å². The summed E-state index contributed by atoms with van der Waals surface area (Å²) in [6, 6.07) is 5.30. The van der Waals surface area contributed by atoms with E-state index in [4.69, 9.17) is 4.52 Å². The lowest BCUT2D eigenvalue weighted by Crippen LogP contribution is -2.41. The van der Waals surface area contributed by atoms with E-state index in [2.05, 4.69) is 10.1 Å². The normalized spacial score (nSPS) is 10.6. The second-order valence-corrected chi connectivity index (χ2v) is 6.76. The fourth-order valence-electron chi connectivity index (χ4n) is 2.45. The number of nitrogens with zero attached hydrogens (tertiary/aromatic N) is 4. The van der Waals surface area contributed by atoms with Crippen LogP contribution in [-0.2, 0) is 10.5 Å². The molecule has 0 saturated heterocycles. The summed E-state index contributed by atoms with van der Waals surface area (Å²) in [7, 11) is 1.63. The van der Waals surface area contributed by atoms with E-state index < -0.39 is 0 Å². The van der Waals surface area contributed by atoms with Crippen molar-refractivity contribution in [2.45, 2.75) is 31.6 Å². The average Bonchev–Trinajstić information content (AvgIpc) is 3.06. The molecule has 0 saturated carbocycles. The van der Waals surface area contributed by atoms with E-state index in [9.17, 15) is 9.59 Å². The summed E-state index contributed by atoms with van der Waals surface area (Å²) >= 11 is 1.42. The van der Waals surface area contributed by atoms with Gasteiger partial charge in [0.1, 0.15) is 10.8 Å². The Kier molecular flexibility index (Phi) is 7.20. The third-order valence-electron chi connectivity index (χ3n) is 3.87. The van der Waals surface area contributed by atoms with Crippen molar-refractivity contribution in [2.75, 3.05) is 26.7 Å². The number of hydrogen-bond donors (Lipinski definition) is 0. The second-order valence-electron chi connectivity index (χ2n) is 5.80. The molecule has 8 heteroatoms. The van der Waals surface area contributed by atoms with Gasteiger partial charge in [-0.15, -0.1) is 0 Å². The van der Waals surface area contributed by atoms with E-state index >= 15 is 0 Å². The van der Waals surface area contributed by atoms with Gasteiger partial charge in [-0.05, 0) is 32.9 Å². The summed E-state index contributed by atoms with van der Waals surface area (Å²) < 4.78 is 5.06. The molecule has 0 N–H and O–H groups in total. The Morgan fingerprint density at radius 1 is 1.27 bits per heavy atom. The molecule has 2 aromatic heterocycles. The van der Waals surface area contributed by atoms with Gasteiger partial charge in [-0.3, -0.25) is 9.59 Å². The summed E-state index contributed by atoms with van der Waals surface area (Å²) in [4.78, 5) is 32.5. The number of rotatable bonds is 8. The molecule has 0 spiro atoms. The Balaban J connectivity index is 2.07. The van der Waals surface area contributed by atoms with E-state index in [-0.39, 0.29) is 18.4 Å². The first-order valence-electron chi connectivity index (χ1n) is 8.49. The highest BCUT2D eigenvalue weighted by molar-refractivity contribution is 7.98. The molecule has 2 rings (SSSR count). The largest absolute Gasteiger partial charge is 0.361 e. The van der Waals surface area contributed by atoms with Gasteiger partial charge in [-0.1, -0.05) is 16.9 Å². The zero-order chi connectivity index (χ0) is 19.1. The molecule has 0 atom stereocenters. The van der Waals surface area contributed by atoms with E-state index in [1.807, 2.05) is 26.8 Å². The first-order valence-corrected chi connectivity index (χ1v) is 9.48. The molecule has 2 aromatic rings. The minimum Gasteiger partial charge on any atom is -0.361 e. The average molecular weight is 376 g/mol. The number of aromatic nitrogens is 2. The zero-order valence-corrected chi connectivity index (χ0v) is 16.4. The van der Waals surface area contributed by atoms with Crippen LogP contribution < -0.4 is 0 Å². The van der Waals surface area contributed by atoms with Crippen molar-refractivity contribution in [3.8, 4) is 0 Å². The molecule has 140 valence electrons. The number of amides is 2. The highest BCUT2D eigenvalue weighted by Gasteiger charge is 2.21. The van der Waals surface area contributed by atoms with Crippen LogP contribution in [0.2, 0.25) is 0 Å². The van der Waals surface area contributed by atoms with Crippen molar-refractivity contribution >= 4 is 23.6 Å². The lowest BCUT2D eigenvalue weighted by atomic mass is 10.2. The monoisotopic (exact) mass is 376 g/mol. The quantitative estimate of drug-likeness (QED) is 0.659. The topological polar surface area (TPSA) is 79.5 Å². The van der Waals surface area contributed by atoms with Crippen LogP contribution in [0.1, 0.15) is 35.7 Å². The lowest BCUT2D eigenvalue weighted by molar-refractivity contribution is -0.131. The van der Waals surface area contributed by atoms with Gasteiger partial charge in [0.05, 0.1) is 17.8 Å². The van der Waals surface area contributed by atoms with Crippen LogP contribution in [0.5, 0.6) is 0 Å². The van der Waals surface area contributed by atoms with Gasteiger partial charge in [-0.25, -0.2) is 4.98 Å². The molecule has 2 heterocycles. The van der Waals surface area contributed by atoms with Crippen molar-refractivity contribution < 1.29 is 14.1 Å². The predicted octanol–water partition coefficient (Wildman–Crippen LogP) is 2.61. The third kappa shape index (κ3) is 5.08. The van der Waals surface area contributed by atoms with Crippen LogP contribution in [0.3, 0.4) is 0 Å². The van der Waals surface area contributed by atoms with Crippen molar-refractivity contribution in [2.24, 2.45) is 0 Å². The first kappa shape index (κ1) is 20.0. The fraction of sp³-hybridized carbons (Fsp3) is 0.444. The maximum atomic E-state index is 12.8. The second kappa shape index (κ2) is 9.38. The molecule has 0 fully saturated rings. The molecule has 0 unspecified atom stereocenters. The van der Waals surface area contributed by atoms with Crippen LogP contribution in [0.4, 0.5) is 0 Å². The van der Waals surface area contributed by atoms with E-state index in [0.29, 0.717) is 29.4 Å². The van der Waals surface area contributed by atoms with E-state index in [0.717, 1.165) is 11.5 Å². The van der Waals surface area contributed by atoms with Crippen LogP contribution in [0, 0.1) is 6.92 Å². The van der Waals surface area contributed by atoms with Crippen molar-refractivity contribution in [1.29, 1.82) is 0 Å². The molecule has 7 nitrogen and oxygen atoms in total. The summed E-state index contributed by atoms with van der Waals surface area (Å²) in [6.07, 6.45) is 1.65. The molecule has 0 aliphatic heterocycles. The SMILES string of the molecule is CCN(CC)C(=O)CN(C)C(=O)c1cccnc1SCc1cc(C)on1. The van der Waals surface area contributed by atoms with Crippen molar-refractivity contribution in [3.05, 3.63) is 41.4 Å². The minimum absolute atomic E-state index is 0.0436. The Hall–Kier alpha value is -2.35. The number of likely N-dealkylation sites (N-methyl/N-ethyl adjacent to an activating group) is 2. The van der Waals surface area contributed by atoms with Crippen LogP contribution in [0.25, 0.3) is 0 Å². The Labute approximate surface area is 157 Å². The van der Waals surface area contributed by atoms with Gasteiger partial charge in [-0.2, -0.15) is 0 Å². The standard InChI is InChI=1S/C18H24N4O3S/c1-5-22(6-2)16(23)11-21(4)18(24)15-8-7-9-19-17(15)26-12-14-10-13(3)25-20-14/h7-10H,5-6,11-12H2,1-4H3. The molecule has 0 aromatic carbocycles. The third-order valence-corrected chi connectivity index (χ3v) is 4.91. The zero-order valence-electron chi connectivity index (χ0n) is 15.6. The Morgan fingerprint density at radius 2 is 2.00 bits per heavy atom. The van der Waals surface area contributed by atoms with Gasteiger partial charge in [0.2, 0.25) is 5.91 Å². The Bertz CT molecular complexity index is 758. The number of aryl methyl sites for hydroxylation is 1. The number of carbonyl (C=O) groups is 2. The highest BCUT2D eigenvalue weighted by atomic mass is 32.2. The van der Waals surface area contributed by atoms with Gasteiger partial charge in [0, 0.05) is 38.2 Å². The minimum atomic E-state index is -0.225. The number of carbonyl (C=O) groups excluding carboxylic acids is 2. The highest BCUT2D eigenvalue weighted by Crippen LogP contribution is 2.24. The van der Waals surface area contributed by atoms with Gasteiger partial charge in [0.25, 0.3) is 5.91 Å². The maximum absolute atomic E-state index is 12.8. The number of pyridine rings is 1. The van der Waals surface area contributed by atoms with E-state index in [1.54, 1.807) is 30.3 Å². The van der Waals surface area contributed by atoms with Gasteiger partial charge in [0.15, 0.2) is 0 Å². The maximum Gasteiger partial charge on any atom is 0.256 e. The molecule has 0 radical (unpaired) electrons. The molecule has 2 amide bonds.